The summed E-state index contributed by atoms with van der Waals surface area (Å²) in [6.45, 7) is 2.12. The zero-order chi connectivity index (χ0) is 14.1. The third-order valence-corrected chi connectivity index (χ3v) is 2.90. The summed E-state index contributed by atoms with van der Waals surface area (Å²) in [7, 11) is 0. The molecule has 3 aromatic rings. The second-order valence-electron chi connectivity index (χ2n) is 4.35. The summed E-state index contributed by atoms with van der Waals surface area (Å²) in [4.78, 5) is 20.8. The van der Waals surface area contributed by atoms with Crippen LogP contribution in [0.15, 0.2) is 35.5 Å². The second-order valence-corrected chi connectivity index (χ2v) is 4.35. The summed E-state index contributed by atoms with van der Waals surface area (Å²) < 4.78 is 3.06. The Morgan fingerprint density at radius 2 is 2.20 bits per heavy atom. The van der Waals surface area contributed by atoms with Crippen LogP contribution in [-0.4, -0.2) is 24.1 Å². The lowest BCUT2D eigenvalue weighted by Gasteiger charge is -2.07. The predicted molar refractivity (Wildman–Crippen MR) is 73.1 cm³/mol. The Balaban J connectivity index is 2.02. The van der Waals surface area contributed by atoms with Crippen molar-refractivity contribution in [2.75, 3.05) is 5.43 Å². The molecule has 3 heterocycles. The van der Waals surface area contributed by atoms with Crippen molar-refractivity contribution in [3.63, 3.8) is 0 Å². The minimum absolute atomic E-state index is 0.141. The van der Waals surface area contributed by atoms with Gasteiger partial charge in [0.05, 0.1) is 12.7 Å². The van der Waals surface area contributed by atoms with Gasteiger partial charge in [-0.05, 0) is 13.0 Å². The van der Waals surface area contributed by atoms with Crippen molar-refractivity contribution in [1.29, 1.82) is 0 Å². The van der Waals surface area contributed by atoms with E-state index in [1.54, 1.807) is 30.7 Å². The van der Waals surface area contributed by atoms with Crippen molar-refractivity contribution < 1.29 is 0 Å². The van der Waals surface area contributed by atoms with Crippen LogP contribution in [0.5, 0.6) is 0 Å². The van der Waals surface area contributed by atoms with Crippen LogP contribution in [0, 0.1) is 6.92 Å². The fourth-order valence-corrected chi connectivity index (χ4v) is 2.01. The first-order chi connectivity index (χ1) is 9.67. The van der Waals surface area contributed by atoms with Gasteiger partial charge in [-0.25, -0.2) is 20.3 Å². The average molecular weight is 271 g/mol. The van der Waals surface area contributed by atoms with Crippen molar-refractivity contribution in [1.82, 2.24) is 24.1 Å². The minimum atomic E-state index is -0.141. The standard InChI is InChI=1S/C12H13N7O/c1-8-6-10(17-13)16-11(15-8)7-18-4-5-19-9(12(18)20)2-3-14-19/h2-6H,7,13H2,1H3,(H,15,16,17). The number of aryl methyl sites for hydroxylation is 1. The van der Waals surface area contributed by atoms with Crippen LogP contribution < -0.4 is 16.8 Å². The molecule has 0 bridgehead atoms. The van der Waals surface area contributed by atoms with E-state index in [4.69, 9.17) is 5.84 Å². The highest BCUT2D eigenvalue weighted by Crippen LogP contribution is 2.05. The maximum absolute atomic E-state index is 12.2. The molecule has 0 saturated carbocycles. The molecule has 3 N–H and O–H groups in total. The van der Waals surface area contributed by atoms with E-state index in [2.05, 4.69) is 20.5 Å². The molecule has 0 radical (unpaired) electrons. The zero-order valence-electron chi connectivity index (χ0n) is 10.8. The number of rotatable bonds is 3. The van der Waals surface area contributed by atoms with Gasteiger partial charge in [-0.3, -0.25) is 4.79 Å². The van der Waals surface area contributed by atoms with Crippen molar-refractivity contribution in [2.24, 2.45) is 5.84 Å². The molecule has 0 saturated heterocycles. The Hall–Kier alpha value is -2.74. The summed E-state index contributed by atoms with van der Waals surface area (Å²) in [6.07, 6.45) is 4.96. The number of nitrogen functional groups attached to an aromatic ring is 1. The van der Waals surface area contributed by atoms with Gasteiger partial charge in [0.2, 0.25) is 0 Å². The van der Waals surface area contributed by atoms with Crippen LogP contribution in [0.2, 0.25) is 0 Å². The quantitative estimate of drug-likeness (QED) is 0.510. The van der Waals surface area contributed by atoms with Crippen molar-refractivity contribution in [2.45, 2.75) is 13.5 Å². The molecule has 0 atom stereocenters. The van der Waals surface area contributed by atoms with Crippen LogP contribution >= 0.6 is 0 Å². The number of nitrogens with one attached hydrogen (secondary N) is 1. The van der Waals surface area contributed by atoms with Gasteiger partial charge in [-0.2, -0.15) is 5.10 Å². The molecule has 0 fully saturated rings. The SMILES string of the molecule is Cc1cc(NN)nc(Cn2ccn3nccc3c2=O)n1. The molecule has 0 spiro atoms. The molecule has 20 heavy (non-hydrogen) atoms. The van der Waals surface area contributed by atoms with E-state index in [0.717, 1.165) is 5.69 Å². The molecular weight excluding hydrogens is 258 g/mol. The molecular formula is C12H13N7O. The highest BCUT2D eigenvalue weighted by Gasteiger charge is 2.07. The Kier molecular flexibility index (Phi) is 2.92. The zero-order valence-corrected chi connectivity index (χ0v) is 10.8. The van der Waals surface area contributed by atoms with E-state index in [1.165, 1.54) is 9.08 Å². The molecule has 3 aromatic heterocycles. The van der Waals surface area contributed by atoms with Crippen molar-refractivity contribution >= 4 is 11.3 Å². The highest BCUT2D eigenvalue weighted by atomic mass is 16.1. The summed E-state index contributed by atoms with van der Waals surface area (Å²) >= 11 is 0. The third-order valence-electron chi connectivity index (χ3n) is 2.90. The highest BCUT2D eigenvalue weighted by molar-refractivity contribution is 5.42. The van der Waals surface area contributed by atoms with Crippen molar-refractivity contribution in [3.8, 4) is 0 Å². The first-order valence-corrected chi connectivity index (χ1v) is 6.01. The Morgan fingerprint density at radius 3 is 3.00 bits per heavy atom. The van der Waals surface area contributed by atoms with Gasteiger partial charge in [0, 0.05) is 24.2 Å². The van der Waals surface area contributed by atoms with E-state index in [0.29, 0.717) is 17.2 Å². The molecule has 0 aliphatic rings. The number of nitrogens with two attached hydrogens (primary N) is 1. The van der Waals surface area contributed by atoms with E-state index >= 15 is 0 Å². The maximum Gasteiger partial charge on any atom is 0.276 e. The largest absolute Gasteiger partial charge is 0.308 e. The summed E-state index contributed by atoms with van der Waals surface area (Å²) in [6, 6.07) is 3.40. The molecule has 3 rings (SSSR count). The van der Waals surface area contributed by atoms with Gasteiger partial charge in [-0.1, -0.05) is 0 Å². The molecule has 0 aromatic carbocycles. The van der Waals surface area contributed by atoms with Gasteiger partial charge >= 0.3 is 0 Å². The van der Waals surface area contributed by atoms with Gasteiger partial charge < -0.3 is 9.99 Å². The number of fused-ring (bicyclic) bond motifs is 1. The maximum atomic E-state index is 12.2. The van der Waals surface area contributed by atoms with Gasteiger partial charge in [0.15, 0.2) is 5.82 Å². The summed E-state index contributed by atoms with van der Waals surface area (Å²) in [5.41, 5.74) is 3.63. The number of nitrogens with zero attached hydrogens (tertiary/aromatic N) is 5. The monoisotopic (exact) mass is 271 g/mol. The van der Waals surface area contributed by atoms with E-state index in [9.17, 15) is 4.79 Å². The molecule has 0 aliphatic carbocycles. The lowest BCUT2D eigenvalue weighted by atomic mass is 10.4. The average Bonchev–Trinajstić information content (AvgIpc) is 2.90. The van der Waals surface area contributed by atoms with E-state index in [1.807, 2.05) is 6.92 Å². The Morgan fingerprint density at radius 1 is 1.35 bits per heavy atom. The minimum Gasteiger partial charge on any atom is -0.308 e. The fourth-order valence-electron chi connectivity index (χ4n) is 2.01. The van der Waals surface area contributed by atoms with Crippen LogP contribution in [0.1, 0.15) is 11.5 Å². The van der Waals surface area contributed by atoms with Gasteiger partial charge in [-0.15, -0.1) is 0 Å². The van der Waals surface area contributed by atoms with E-state index in [-0.39, 0.29) is 12.1 Å². The number of hydrazine groups is 1. The Labute approximate surface area is 113 Å². The number of anilines is 1. The molecule has 8 nitrogen and oxygen atoms in total. The summed E-state index contributed by atoms with van der Waals surface area (Å²) in [5, 5.41) is 4.01. The fraction of sp³-hybridized carbons (Fsp3) is 0.167. The van der Waals surface area contributed by atoms with Crippen LogP contribution in [0.4, 0.5) is 5.82 Å². The van der Waals surface area contributed by atoms with Crippen LogP contribution in [-0.2, 0) is 6.54 Å². The summed E-state index contributed by atoms with van der Waals surface area (Å²) in [5.74, 6) is 6.39. The smallest absolute Gasteiger partial charge is 0.276 e. The lowest BCUT2D eigenvalue weighted by molar-refractivity contribution is 0.702. The molecule has 0 amide bonds. The topological polar surface area (TPSA) is 103 Å². The van der Waals surface area contributed by atoms with Gasteiger partial charge in [0.25, 0.3) is 5.56 Å². The molecule has 0 unspecified atom stereocenters. The molecule has 8 heteroatoms. The lowest BCUT2D eigenvalue weighted by Crippen LogP contribution is -2.23. The van der Waals surface area contributed by atoms with E-state index < -0.39 is 0 Å². The number of hydrogen-bond donors (Lipinski definition) is 2. The number of aromatic nitrogens is 5. The van der Waals surface area contributed by atoms with Crippen LogP contribution in [0.3, 0.4) is 0 Å². The van der Waals surface area contributed by atoms with Crippen molar-refractivity contribution in [3.05, 3.63) is 52.6 Å². The first kappa shape index (κ1) is 12.3. The predicted octanol–water partition coefficient (Wildman–Crippen LogP) is -0.0717. The second kappa shape index (κ2) is 4.74. The third kappa shape index (κ3) is 2.12. The van der Waals surface area contributed by atoms with Crippen LogP contribution in [0.25, 0.3) is 5.52 Å². The first-order valence-electron chi connectivity index (χ1n) is 6.01. The molecule has 0 aliphatic heterocycles. The number of hydrogen-bond acceptors (Lipinski definition) is 6. The Bertz CT molecular complexity index is 820. The van der Waals surface area contributed by atoms with Gasteiger partial charge in [0.1, 0.15) is 11.3 Å². The normalized spacial score (nSPS) is 10.9. The molecule has 102 valence electrons.